The lowest BCUT2D eigenvalue weighted by Crippen LogP contribution is -3.10. The Balaban J connectivity index is 2.15. The maximum Gasteiger partial charge on any atom is 0.305 e. The lowest BCUT2D eigenvalue weighted by molar-refractivity contribution is -0.840. The van der Waals surface area contributed by atoms with Gasteiger partial charge in [-0.3, -0.25) is 9.88 Å². The van der Waals surface area contributed by atoms with Gasteiger partial charge >= 0.3 is 5.95 Å². The highest BCUT2D eigenvalue weighted by Crippen LogP contribution is 1.92. The van der Waals surface area contributed by atoms with E-state index in [1.807, 2.05) is 18.3 Å². The van der Waals surface area contributed by atoms with Crippen LogP contribution in [0.3, 0.4) is 0 Å². The maximum absolute atomic E-state index is 5.20. The van der Waals surface area contributed by atoms with E-state index in [4.69, 9.17) is 12.6 Å². The summed E-state index contributed by atoms with van der Waals surface area (Å²) in [7, 11) is 1.97. The molecular formula is C6H11N5S. The van der Waals surface area contributed by atoms with E-state index in [2.05, 4.69) is 15.4 Å². The Morgan fingerprint density at radius 2 is 2.67 bits per heavy atom. The van der Waals surface area contributed by atoms with Gasteiger partial charge in [-0.2, -0.15) is 9.99 Å². The molecule has 1 aromatic rings. The van der Waals surface area contributed by atoms with Gasteiger partial charge in [0.15, 0.2) is 6.67 Å². The van der Waals surface area contributed by atoms with Crippen LogP contribution in [0, 0.1) is 0 Å². The second-order valence-electron chi connectivity index (χ2n) is 2.83. The first-order valence-corrected chi connectivity index (χ1v) is 4.23. The van der Waals surface area contributed by atoms with Gasteiger partial charge in [-0.15, -0.1) is 0 Å². The molecular weight excluding hydrogens is 174 g/mol. The Hall–Kier alpha value is -0.560. The SMILES string of the molecule is CN1C[NH+](c2ncc[nH]2)C([S-])N1. The van der Waals surface area contributed by atoms with Crippen LogP contribution >= 0.6 is 0 Å². The van der Waals surface area contributed by atoms with E-state index < -0.39 is 0 Å². The molecule has 1 saturated heterocycles. The molecule has 0 saturated carbocycles. The molecule has 3 N–H and O–H groups in total. The van der Waals surface area contributed by atoms with Crippen LogP contribution in [0.25, 0.3) is 0 Å². The molecule has 0 spiro atoms. The first kappa shape index (κ1) is 8.06. The summed E-state index contributed by atoms with van der Waals surface area (Å²) in [4.78, 5) is 8.34. The van der Waals surface area contributed by atoms with E-state index >= 15 is 0 Å². The molecule has 1 fully saturated rings. The van der Waals surface area contributed by atoms with Gasteiger partial charge in [0.1, 0.15) is 0 Å². The topological polar surface area (TPSA) is 48.4 Å². The van der Waals surface area contributed by atoms with Gasteiger partial charge in [-0.25, -0.2) is 5.43 Å². The molecule has 0 amide bonds. The zero-order chi connectivity index (χ0) is 8.55. The summed E-state index contributed by atoms with van der Waals surface area (Å²) in [6, 6.07) is 0. The fourth-order valence-corrected chi connectivity index (χ4v) is 1.67. The summed E-state index contributed by atoms with van der Waals surface area (Å²) < 4.78 is 0. The van der Waals surface area contributed by atoms with Crippen molar-refractivity contribution in [2.24, 2.45) is 0 Å². The predicted octanol–water partition coefficient (Wildman–Crippen LogP) is -1.84. The van der Waals surface area contributed by atoms with Crippen LogP contribution in [-0.4, -0.2) is 34.2 Å². The highest BCUT2D eigenvalue weighted by atomic mass is 32.1. The number of aromatic nitrogens is 2. The summed E-state index contributed by atoms with van der Waals surface area (Å²) in [5, 5.41) is 1.97. The molecule has 2 unspecified atom stereocenters. The molecule has 0 aromatic carbocycles. The van der Waals surface area contributed by atoms with Crippen molar-refractivity contribution >= 4 is 18.6 Å². The zero-order valence-corrected chi connectivity index (χ0v) is 7.56. The monoisotopic (exact) mass is 185 g/mol. The van der Waals surface area contributed by atoms with Crippen molar-refractivity contribution in [2.45, 2.75) is 5.50 Å². The largest absolute Gasteiger partial charge is 0.709 e. The van der Waals surface area contributed by atoms with Crippen LogP contribution in [0.15, 0.2) is 12.4 Å². The Kier molecular flexibility index (Phi) is 2.05. The summed E-state index contributed by atoms with van der Waals surface area (Å²) in [6.07, 6.45) is 3.55. The molecule has 5 nitrogen and oxygen atoms in total. The lowest BCUT2D eigenvalue weighted by atomic mass is 10.7. The smallest absolute Gasteiger partial charge is 0.305 e. The zero-order valence-electron chi connectivity index (χ0n) is 6.74. The first-order valence-electron chi connectivity index (χ1n) is 3.76. The summed E-state index contributed by atoms with van der Waals surface area (Å²) in [6.45, 7) is 0.835. The van der Waals surface area contributed by atoms with Crippen LogP contribution in [0.2, 0.25) is 0 Å². The number of H-pyrrole nitrogens is 1. The molecule has 66 valence electrons. The molecule has 2 heterocycles. The number of imidazole rings is 1. The van der Waals surface area contributed by atoms with Crippen molar-refractivity contribution in [1.82, 2.24) is 20.4 Å². The van der Waals surface area contributed by atoms with Crippen molar-refractivity contribution in [3.63, 3.8) is 0 Å². The molecule has 2 atom stereocenters. The van der Waals surface area contributed by atoms with Crippen LogP contribution in [0.4, 0.5) is 5.95 Å². The van der Waals surface area contributed by atoms with Crippen LogP contribution in [0.1, 0.15) is 0 Å². The van der Waals surface area contributed by atoms with Gasteiger partial charge in [0, 0.05) is 18.7 Å². The Morgan fingerprint density at radius 3 is 3.17 bits per heavy atom. The minimum Gasteiger partial charge on any atom is -0.709 e. The normalized spacial score (nSPS) is 31.2. The van der Waals surface area contributed by atoms with Crippen molar-refractivity contribution in [1.29, 1.82) is 0 Å². The number of nitrogens with zero attached hydrogens (tertiary/aromatic N) is 2. The number of hydrogen-bond donors (Lipinski definition) is 3. The molecule has 0 aliphatic carbocycles. The molecule has 0 bridgehead atoms. The highest BCUT2D eigenvalue weighted by molar-refractivity contribution is 7.59. The van der Waals surface area contributed by atoms with Gasteiger partial charge in [0.25, 0.3) is 0 Å². The first-order chi connectivity index (χ1) is 5.77. The second-order valence-corrected chi connectivity index (χ2v) is 3.30. The number of aromatic amines is 1. The Bertz CT molecular complexity index is 248. The van der Waals surface area contributed by atoms with E-state index in [-0.39, 0.29) is 5.50 Å². The van der Waals surface area contributed by atoms with Gasteiger partial charge < -0.3 is 12.6 Å². The molecule has 1 aliphatic rings. The summed E-state index contributed by atoms with van der Waals surface area (Å²) >= 11 is 5.20. The van der Waals surface area contributed by atoms with Crippen LogP contribution < -0.4 is 10.3 Å². The number of hydrazine groups is 1. The molecule has 12 heavy (non-hydrogen) atoms. The standard InChI is InChI=1S/C6H11N5S/c1-10-4-11(6(12)9-10)5-7-2-3-8-5/h2-3,6,9,12H,4H2,1H3,(H,7,8). The molecule has 1 aliphatic heterocycles. The quantitative estimate of drug-likeness (QED) is 0.450. The number of nitrogens with one attached hydrogen (secondary N) is 3. The van der Waals surface area contributed by atoms with Gasteiger partial charge in [0.05, 0.1) is 6.20 Å². The maximum atomic E-state index is 5.20. The van der Waals surface area contributed by atoms with E-state index in [1.54, 1.807) is 6.20 Å². The average Bonchev–Trinajstić information content (AvgIpc) is 2.58. The molecule has 1 aromatic heterocycles. The van der Waals surface area contributed by atoms with Crippen LogP contribution in [-0.2, 0) is 12.6 Å². The van der Waals surface area contributed by atoms with Crippen molar-refractivity contribution in [3.8, 4) is 0 Å². The van der Waals surface area contributed by atoms with E-state index in [0.717, 1.165) is 17.5 Å². The van der Waals surface area contributed by atoms with Gasteiger partial charge in [0.2, 0.25) is 0 Å². The molecule has 2 rings (SSSR count). The van der Waals surface area contributed by atoms with Crippen LogP contribution in [0.5, 0.6) is 0 Å². The second kappa shape index (κ2) is 3.06. The fraction of sp³-hybridized carbons (Fsp3) is 0.500. The van der Waals surface area contributed by atoms with Gasteiger partial charge in [-0.05, 0) is 0 Å². The van der Waals surface area contributed by atoms with Gasteiger partial charge in [-0.1, -0.05) is 0 Å². The Morgan fingerprint density at radius 1 is 1.83 bits per heavy atom. The molecule has 0 radical (unpaired) electrons. The third-order valence-corrected chi connectivity index (χ3v) is 2.25. The average molecular weight is 185 g/mol. The minimum atomic E-state index is -0.0267. The highest BCUT2D eigenvalue weighted by Gasteiger charge is 2.25. The predicted molar refractivity (Wildman–Crippen MR) is 46.1 cm³/mol. The van der Waals surface area contributed by atoms with Crippen molar-refractivity contribution in [2.75, 3.05) is 13.7 Å². The van der Waals surface area contributed by atoms with E-state index in [0.29, 0.717) is 0 Å². The number of rotatable bonds is 1. The van der Waals surface area contributed by atoms with Crippen molar-refractivity contribution < 1.29 is 4.90 Å². The number of quaternary nitrogens is 1. The minimum absolute atomic E-state index is 0.0267. The third kappa shape index (κ3) is 1.34. The van der Waals surface area contributed by atoms with E-state index in [9.17, 15) is 0 Å². The summed E-state index contributed by atoms with van der Waals surface area (Å²) in [5.41, 5.74) is 3.08. The summed E-state index contributed by atoms with van der Waals surface area (Å²) in [5.74, 6) is 0.895. The number of hydrogen-bond acceptors (Lipinski definition) is 4. The third-order valence-electron chi connectivity index (χ3n) is 1.86. The van der Waals surface area contributed by atoms with Crippen molar-refractivity contribution in [3.05, 3.63) is 12.4 Å². The fourth-order valence-electron chi connectivity index (χ4n) is 1.30. The van der Waals surface area contributed by atoms with E-state index in [1.165, 1.54) is 0 Å². The Labute approximate surface area is 76.1 Å². The lowest BCUT2D eigenvalue weighted by Gasteiger charge is -2.20. The molecule has 6 heteroatoms.